The van der Waals surface area contributed by atoms with Gasteiger partial charge in [0, 0.05) is 18.6 Å². The number of aromatic hydroxyl groups is 1. The molecule has 3 unspecified atom stereocenters. The Morgan fingerprint density at radius 1 is 1.30 bits per heavy atom. The molecule has 1 aliphatic heterocycles. The molecule has 1 heterocycles. The van der Waals surface area contributed by atoms with Crippen LogP contribution in [-0.4, -0.2) is 29.1 Å². The number of likely N-dealkylation sites (tertiary alicyclic amines) is 1. The van der Waals surface area contributed by atoms with Crippen molar-refractivity contribution in [3.63, 3.8) is 0 Å². The molecule has 1 aromatic carbocycles. The lowest BCUT2D eigenvalue weighted by molar-refractivity contribution is 0.0677. The van der Waals surface area contributed by atoms with Crippen LogP contribution in [0, 0.1) is 5.92 Å². The van der Waals surface area contributed by atoms with Crippen molar-refractivity contribution in [1.82, 2.24) is 4.90 Å². The molecule has 0 bridgehead atoms. The lowest BCUT2D eigenvalue weighted by atomic mass is 9.86. The monoisotopic (exact) mass is 276 g/mol. The van der Waals surface area contributed by atoms with Gasteiger partial charge in [0.05, 0.1) is 0 Å². The highest BCUT2D eigenvalue weighted by atomic mass is 16.3. The van der Waals surface area contributed by atoms with Crippen LogP contribution in [0.3, 0.4) is 0 Å². The Bertz CT molecular complexity index is 404. The third-order valence-electron chi connectivity index (χ3n) is 4.78. The molecule has 3 N–H and O–H groups in total. The normalized spacial score (nSPS) is 25.6. The Labute approximate surface area is 122 Å². The second-order valence-electron chi connectivity index (χ2n) is 5.94. The summed E-state index contributed by atoms with van der Waals surface area (Å²) in [6.07, 6.45) is 4.85. The lowest BCUT2D eigenvalue weighted by Gasteiger charge is -2.43. The maximum absolute atomic E-state index is 9.45. The molecule has 0 aliphatic carbocycles. The third-order valence-corrected chi connectivity index (χ3v) is 4.78. The zero-order valence-corrected chi connectivity index (χ0v) is 12.8. The topological polar surface area (TPSA) is 49.5 Å². The van der Waals surface area contributed by atoms with Crippen LogP contribution in [0.1, 0.15) is 51.1 Å². The van der Waals surface area contributed by atoms with E-state index in [9.17, 15) is 5.11 Å². The summed E-state index contributed by atoms with van der Waals surface area (Å²) in [4.78, 5) is 2.58. The first-order valence-corrected chi connectivity index (χ1v) is 7.94. The highest BCUT2D eigenvalue weighted by molar-refractivity contribution is 5.28. The Hall–Kier alpha value is -1.06. The highest BCUT2D eigenvalue weighted by Crippen LogP contribution is 2.34. The van der Waals surface area contributed by atoms with Crippen molar-refractivity contribution < 1.29 is 5.11 Å². The number of benzene rings is 1. The molecule has 2 rings (SSSR count). The minimum atomic E-state index is 0.337. The van der Waals surface area contributed by atoms with Gasteiger partial charge in [0.2, 0.25) is 0 Å². The second-order valence-corrected chi connectivity index (χ2v) is 5.94. The minimum Gasteiger partial charge on any atom is -0.508 e. The quantitative estimate of drug-likeness (QED) is 0.867. The van der Waals surface area contributed by atoms with Crippen molar-refractivity contribution in [2.45, 2.75) is 51.6 Å². The van der Waals surface area contributed by atoms with Crippen molar-refractivity contribution in [1.29, 1.82) is 0 Å². The molecule has 1 aromatic rings. The first-order valence-electron chi connectivity index (χ1n) is 7.94. The Morgan fingerprint density at radius 3 is 2.55 bits per heavy atom. The largest absolute Gasteiger partial charge is 0.508 e. The van der Waals surface area contributed by atoms with E-state index in [1.54, 1.807) is 12.1 Å². The average molecular weight is 276 g/mol. The van der Waals surface area contributed by atoms with E-state index in [1.807, 2.05) is 12.1 Å². The standard InChI is InChI=1S/C17H28N2O/c1-3-13-9-10-19(15(11-13)12-18)17(4-2)14-5-7-16(20)8-6-14/h5-8,13,15,17,20H,3-4,9-12,18H2,1-2H3. The molecule has 0 aromatic heterocycles. The van der Waals surface area contributed by atoms with Crippen LogP contribution < -0.4 is 5.73 Å². The van der Waals surface area contributed by atoms with Gasteiger partial charge in [-0.15, -0.1) is 0 Å². The van der Waals surface area contributed by atoms with Crippen LogP contribution in [0.2, 0.25) is 0 Å². The van der Waals surface area contributed by atoms with Gasteiger partial charge in [-0.3, -0.25) is 4.90 Å². The molecule has 20 heavy (non-hydrogen) atoms. The minimum absolute atomic E-state index is 0.337. The number of nitrogens with two attached hydrogens (primary N) is 1. The molecule has 1 aliphatic rings. The Morgan fingerprint density at radius 2 is 2.00 bits per heavy atom. The molecule has 0 spiro atoms. The summed E-state index contributed by atoms with van der Waals surface area (Å²) in [6.45, 7) is 6.40. The number of nitrogens with zero attached hydrogens (tertiary/aromatic N) is 1. The molecule has 3 heteroatoms. The zero-order valence-electron chi connectivity index (χ0n) is 12.8. The summed E-state index contributed by atoms with van der Waals surface area (Å²) < 4.78 is 0. The van der Waals surface area contributed by atoms with Gasteiger partial charge in [-0.1, -0.05) is 32.4 Å². The van der Waals surface area contributed by atoms with Crippen molar-refractivity contribution in [3.05, 3.63) is 29.8 Å². The first kappa shape index (κ1) is 15.3. The maximum atomic E-state index is 9.45. The Kier molecular flexibility index (Phi) is 5.44. The molecular formula is C17H28N2O. The maximum Gasteiger partial charge on any atom is 0.115 e. The molecule has 3 atom stereocenters. The van der Waals surface area contributed by atoms with Gasteiger partial charge in [-0.2, -0.15) is 0 Å². The van der Waals surface area contributed by atoms with Crippen LogP contribution in [0.5, 0.6) is 5.75 Å². The van der Waals surface area contributed by atoms with E-state index in [0.717, 1.165) is 25.4 Å². The number of phenolic OH excluding ortho intramolecular Hbond substituents is 1. The fourth-order valence-electron chi connectivity index (χ4n) is 3.52. The molecule has 0 amide bonds. The van der Waals surface area contributed by atoms with E-state index in [0.29, 0.717) is 17.8 Å². The summed E-state index contributed by atoms with van der Waals surface area (Å²) in [5.41, 5.74) is 7.31. The molecule has 112 valence electrons. The van der Waals surface area contributed by atoms with Gasteiger partial charge in [0.25, 0.3) is 0 Å². The van der Waals surface area contributed by atoms with Crippen LogP contribution in [0.25, 0.3) is 0 Å². The van der Waals surface area contributed by atoms with Crippen molar-refractivity contribution in [3.8, 4) is 5.75 Å². The molecule has 0 saturated carbocycles. The van der Waals surface area contributed by atoms with Gasteiger partial charge in [0.15, 0.2) is 0 Å². The molecular weight excluding hydrogens is 248 g/mol. The van der Waals surface area contributed by atoms with E-state index < -0.39 is 0 Å². The van der Waals surface area contributed by atoms with Gasteiger partial charge in [0.1, 0.15) is 5.75 Å². The summed E-state index contributed by atoms with van der Waals surface area (Å²) in [5.74, 6) is 1.17. The van der Waals surface area contributed by atoms with E-state index in [4.69, 9.17) is 5.73 Å². The molecule has 3 nitrogen and oxygen atoms in total. The van der Waals surface area contributed by atoms with Crippen LogP contribution in [-0.2, 0) is 0 Å². The van der Waals surface area contributed by atoms with Crippen LogP contribution >= 0.6 is 0 Å². The number of phenols is 1. The summed E-state index contributed by atoms with van der Waals surface area (Å²) in [7, 11) is 0. The fourth-order valence-corrected chi connectivity index (χ4v) is 3.52. The predicted molar refractivity (Wildman–Crippen MR) is 83.7 cm³/mol. The number of hydrogen-bond acceptors (Lipinski definition) is 3. The molecule has 1 fully saturated rings. The van der Waals surface area contributed by atoms with E-state index in [1.165, 1.54) is 24.8 Å². The summed E-state index contributed by atoms with van der Waals surface area (Å²) in [5, 5.41) is 9.45. The lowest BCUT2D eigenvalue weighted by Crippen LogP contribution is -2.48. The number of rotatable bonds is 5. The average Bonchev–Trinajstić information content (AvgIpc) is 2.50. The molecule has 0 radical (unpaired) electrons. The fraction of sp³-hybridized carbons (Fsp3) is 0.647. The van der Waals surface area contributed by atoms with Crippen molar-refractivity contribution in [2.75, 3.05) is 13.1 Å². The molecule has 1 saturated heterocycles. The van der Waals surface area contributed by atoms with E-state index in [2.05, 4.69) is 18.7 Å². The summed E-state index contributed by atoms with van der Waals surface area (Å²) in [6, 6.07) is 8.57. The smallest absolute Gasteiger partial charge is 0.115 e. The van der Waals surface area contributed by atoms with Gasteiger partial charge >= 0.3 is 0 Å². The van der Waals surface area contributed by atoms with Crippen molar-refractivity contribution in [2.24, 2.45) is 11.7 Å². The Balaban J connectivity index is 2.15. The predicted octanol–water partition coefficient (Wildman–Crippen LogP) is 3.29. The SMILES string of the molecule is CCC1CCN(C(CC)c2ccc(O)cc2)C(CN)C1. The van der Waals surface area contributed by atoms with E-state index >= 15 is 0 Å². The first-order chi connectivity index (χ1) is 9.69. The number of piperidine rings is 1. The van der Waals surface area contributed by atoms with Gasteiger partial charge in [-0.05, 0) is 49.4 Å². The second kappa shape index (κ2) is 7.09. The summed E-state index contributed by atoms with van der Waals surface area (Å²) >= 11 is 0. The van der Waals surface area contributed by atoms with Crippen LogP contribution in [0.4, 0.5) is 0 Å². The van der Waals surface area contributed by atoms with Gasteiger partial charge in [-0.25, -0.2) is 0 Å². The van der Waals surface area contributed by atoms with Gasteiger partial charge < -0.3 is 10.8 Å². The zero-order chi connectivity index (χ0) is 14.5. The third kappa shape index (κ3) is 3.33. The highest BCUT2D eigenvalue weighted by Gasteiger charge is 2.31. The number of hydrogen-bond donors (Lipinski definition) is 2. The van der Waals surface area contributed by atoms with E-state index in [-0.39, 0.29) is 0 Å². The van der Waals surface area contributed by atoms with Crippen molar-refractivity contribution >= 4 is 0 Å². The van der Waals surface area contributed by atoms with Crippen LogP contribution in [0.15, 0.2) is 24.3 Å².